The highest BCUT2D eigenvalue weighted by atomic mass is 16.5. The monoisotopic (exact) mass is 933 g/mol. The molecule has 0 spiro atoms. The van der Waals surface area contributed by atoms with Crippen LogP contribution in [0.25, 0.3) is 0 Å². The molecule has 0 aromatic heterocycles. The molecule has 370 valence electrons. The molecule has 5 unspecified atom stereocenters. The minimum Gasteiger partial charge on any atom is -0.445 e. The predicted octanol–water partition coefficient (Wildman–Crippen LogP) is 6.02. The second kappa shape index (κ2) is 30.6. The Labute approximate surface area is 397 Å². The lowest BCUT2D eigenvalue weighted by Crippen LogP contribution is -2.61. The van der Waals surface area contributed by atoms with Gasteiger partial charge in [-0.15, -0.1) is 0 Å². The summed E-state index contributed by atoms with van der Waals surface area (Å²) in [6.45, 7) is 8.18. The van der Waals surface area contributed by atoms with Gasteiger partial charge in [0, 0.05) is 13.5 Å². The summed E-state index contributed by atoms with van der Waals surface area (Å²) < 4.78 is 17.3. The number of carbonyl (C=O) groups is 7. The summed E-state index contributed by atoms with van der Waals surface area (Å²) in [7, 11) is 3.24. The summed E-state index contributed by atoms with van der Waals surface area (Å²) in [5, 5.41) is 13.8. The fourth-order valence-electron chi connectivity index (χ4n) is 8.00. The van der Waals surface area contributed by atoms with E-state index in [0.29, 0.717) is 12.8 Å². The third-order valence-electron chi connectivity index (χ3n) is 12.0. The van der Waals surface area contributed by atoms with Gasteiger partial charge in [0.15, 0.2) is 0 Å². The highest BCUT2D eigenvalue weighted by Gasteiger charge is 2.35. The summed E-state index contributed by atoms with van der Waals surface area (Å²) in [5.74, 6) is -3.02. The topological polar surface area (TPSA) is 211 Å². The first kappa shape index (κ1) is 55.7. The third-order valence-corrected chi connectivity index (χ3v) is 12.0. The van der Waals surface area contributed by atoms with Gasteiger partial charge in [-0.2, -0.15) is 0 Å². The van der Waals surface area contributed by atoms with Gasteiger partial charge in [-0.05, 0) is 69.5 Å². The number of ether oxygens (including phenoxy) is 3. The summed E-state index contributed by atoms with van der Waals surface area (Å²) >= 11 is 0. The largest absolute Gasteiger partial charge is 0.445 e. The molecular formula is C51H76N6O10. The van der Waals surface area contributed by atoms with Crippen LogP contribution in [0.3, 0.4) is 0 Å². The van der Waals surface area contributed by atoms with Crippen LogP contribution in [0.1, 0.15) is 123 Å². The summed E-state index contributed by atoms with van der Waals surface area (Å²) in [5.41, 5.74) is 1.73. The molecular weight excluding hydrogens is 857 g/mol. The standard InChI is InChI=1S/C51H76N6O10/c1-8-9-10-21-28-43(36(4)50(63)57(7)41(32-58)29-35(2)3)67-44(59)31-53-48(61)45(37(5)65-33-38-22-15-13-16-23-38)56-47(60)42(30-54-51(64)66-34-39-24-17-14-18-25-39)55-49(62)46(52-6)40-26-19-11-12-20-27-40/h13-18,22-25,32,35,37,40-42,45-46,52H,8-12,19-21,26-31,33-34H2,1-7H3,(H,53,61)(H,54,64)(H,55,62)(H,56,60)/b43-36-. The Morgan fingerprint density at radius 3 is 2.00 bits per heavy atom. The highest BCUT2D eigenvalue weighted by Crippen LogP contribution is 2.26. The molecule has 1 fully saturated rings. The molecule has 5 N–H and O–H groups in total. The molecule has 1 aliphatic rings. The molecule has 67 heavy (non-hydrogen) atoms. The number of hydrogen-bond donors (Lipinski definition) is 5. The number of amides is 5. The van der Waals surface area contributed by atoms with Crippen LogP contribution in [-0.2, 0) is 56.2 Å². The number of nitrogens with one attached hydrogen (secondary N) is 5. The number of carbonyl (C=O) groups excluding carboxylic acids is 7. The maximum absolute atomic E-state index is 14.3. The average molecular weight is 933 g/mol. The SMILES string of the molecule is CCCCCC/C(OC(=O)CNC(=O)C(NC(=O)C(CNC(=O)OCc1ccccc1)NC(=O)C(NC)C1CCCCCC1)C(C)OCc1ccccc1)=C(\C)C(=O)N(C)C(C=O)CC(C)C. The number of alkyl carbamates (subject to hydrolysis) is 1. The number of rotatable bonds is 28. The molecule has 1 aliphatic carbocycles. The molecule has 0 radical (unpaired) electrons. The number of allylic oxidation sites excluding steroid dienone is 1. The quantitative estimate of drug-likeness (QED) is 0.0166. The van der Waals surface area contributed by atoms with Crippen LogP contribution in [0.15, 0.2) is 72.0 Å². The lowest BCUT2D eigenvalue weighted by Gasteiger charge is -2.29. The highest BCUT2D eigenvalue weighted by molar-refractivity contribution is 5.96. The molecule has 2 aromatic rings. The smallest absolute Gasteiger partial charge is 0.407 e. The summed E-state index contributed by atoms with van der Waals surface area (Å²) in [6.07, 6.45) is 8.85. The molecule has 0 aliphatic heterocycles. The van der Waals surface area contributed by atoms with Crippen LogP contribution >= 0.6 is 0 Å². The Morgan fingerprint density at radius 2 is 1.42 bits per heavy atom. The normalized spacial score (nSPS) is 15.6. The van der Waals surface area contributed by atoms with Crippen molar-refractivity contribution >= 4 is 42.0 Å². The Balaban J connectivity index is 1.86. The number of unbranched alkanes of at least 4 members (excludes halogenated alkanes) is 3. The van der Waals surface area contributed by atoms with Gasteiger partial charge in [0.1, 0.15) is 37.3 Å². The minimum atomic E-state index is -1.40. The molecule has 0 bridgehead atoms. The van der Waals surface area contributed by atoms with E-state index in [1.54, 1.807) is 40.1 Å². The van der Waals surface area contributed by atoms with Crippen molar-refractivity contribution in [3.8, 4) is 0 Å². The lowest BCUT2D eigenvalue weighted by atomic mass is 9.91. The fourth-order valence-corrected chi connectivity index (χ4v) is 8.00. The van der Waals surface area contributed by atoms with E-state index in [2.05, 4.69) is 33.5 Å². The van der Waals surface area contributed by atoms with Gasteiger partial charge in [0.05, 0.1) is 36.9 Å². The number of nitrogens with zero attached hydrogens (tertiary/aromatic N) is 1. The number of benzene rings is 2. The van der Waals surface area contributed by atoms with Crippen LogP contribution in [0.5, 0.6) is 0 Å². The van der Waals surface area contributed by atoms with E-state index >= 15 is 0 Å². The molecule has 1 saturated carbocycles. The van der Waals surface area contributed by atoms with Crippen molar-refractivity contribution in [2.45, 2.75) is 155 Å². The number of esters is 1. The van der Waals surface area contributed by atoms with Crippen LogP contribution in [0.2, 0.25) is 0 Å². The van der Waals surface area contributed by atoms with Crippen molar-refractivity contribution in [3.63, 3.8) is 0 Å². The molecule has 16 nitrogen and oxygen atoms in total. The van der Waals surface area contributed by atoms with Crippen molar-refractivity contribution in [3.05, 3.63) is 83.1 Å². The van der Waals surface area contributed by atoms with Gasteiger partial charge in [0.25, 0.3) is 5.91 Å². The van der Waals surface area contributed by atoms with Crippen molar-refractivity contribution < 1.29 is 47.8 Å². The zero-order chi connectivity index (χ0) is 49.1. The molecule has 0 heterocycles. The first-order chi connectivity index (χ1) is 32.2. The first-order valence-corrected chi connectivity index (χ1v) is 24.0. The first-order valence-electron chi connectivity index (χ1n) is 24.0. The fraction of sp³-hybridized carbons (Fsp3) is 0.588. The average Bonchev–Trinajstić information content (AvgIpc) is 3.62. The van der Waals surface area contributed by atoms with Crippen LogP contribution in [-0.4, -0.2) is 104 Å². The molecule has 16 heteroatoms. The van der Waals surface area contributed by atoms with Gasteiger partial charge in [0.2, 0.25) is 17.7 Å². The number of likely N-dealkylation sites (N-methyl/N-ethyl adjacent to an activating group) is 2. The molecule has 0 saturated heterocycles. The minimum absolute atomic E-state index is 0.0253. The van der Waals surface area contributed by atoms with E-state index < -0.39 is 72.5 Å². The third kappa shape index (κ3) is 20.0. The second-order valence-electron chi connectivity index (χ2n) is 17.8. The maximum Gasteiger partial charge on any atom is 0.407 e. The van der Waals surface area contributed by atoms with Gasteiger partial charge in [-0.1, -0.05) is 126 Å². The van der Waals surface area contributed by atoms with Gasteiger partial charge < -0.3 is 50.5 Å². The summed E-state index contributed by atoms with van der Waals surface area (Å²) in [6, 6.07) is 14.2. The van der Waals surface area contributed by atoms with E-state index in [1.165, 1.54) is 4.90 Å². The maximum atomic E-state index is 14.3. The van der Waals surface area contributed by atoms with E-state index in [9.17, 15) is 33.6 Å². The number of hydrogen-bond acceptors (Lipinski definition) is 11. The van der Waals surface area contributed by atoms with Crippen molar-refractivity contribution in [1.82, 2.24) is 31.5 Å². The second-order valence-corrected chi connectivity index (χ2v) is 17.8. The summed E-state index contributed by atoms with van der Waals surface area (Å²) in [4.78, 5) is 95.7. The Bertz CT molecular complexity index is 1890. The predicted molar refractivity (Wildman–Crippen MR) is 256 cm³/mol. The number of aldehydes is 1. The van der Waals surface area contributed by atoms with Crippen LogP contribution in [0.4, 0.5) is 4.79 Å². The Hall–Kier alpha value is -5.61. The van der Waals surface area contributed by atoms with Crippen molar-refractivity contribution in [2.24, 2.45) is 11.8 Å². The van der Waals surface area contributed by atoms with E-state index in [4.69, 9.17) is 14.2 Å². The Morgan fingerprint density at radius 1 is 0.791 bits per heavy atom. The van der Waals surface area contributed by atoms with E-state index in [1.807, 2.05) is 62.4 Å². The van der Waals surface area contributed by atoms with Gasteiger partial charge in [-0.25, -0.2) is 9.59 Å². The van der Waals surface area contributed by atoms with Gasteiger partial charge >= 0.3 is 12.1 Å². The van der Waals surface area contributed by atoms with Crippen molar-refractivity contribution in [1.29, 1.82) is 0 Å². The lowest BCUT2D eigenvalue weighted by molar-refractivity contribution is -0.142. The van der Waals surface area contributed by atoms with E-state index in [-0.39, 0.29) is 49.3 Å². The van der Waals surface area contributed by atoms with Crippen LogP contribution < -0.4 is 26.6 Å². The molecule has 5 atom stereocenters. The molecule has 3 rings (SSSR count). The Kier molecular flexibility index (Phi) is 25.5. The molecule has 2 aromatic carbocycles. The van der Waals surface area contributed by atoms with E-state index in [0.717, 1.165) is 75.2 Å². The van der Waals surface area contributed by atoms with Crippen LogP contribution in [0, 0.1) is 11.8 Å². The zero-order valence-electron chi connectivity index (χ0n) is 40.7. The zero-order valence-corrected chi connectivity index (χ0v) is 40.7. The van der Waals surface area contributed by atoms with Crippen molar-refractivity contribution in [2.75, 3.05) is 27.2 Å². The molecule has 5 amide bonds. The van der Waals surface area contributed by atoms with Gasteiger partial charge in [-0.3, -0.25) is 19.2 Å².